The fraction of sp³-hybridized carbons (Fsp3) is 0.562. The predicted molar refractivity (Wildman–Crippen MR) is 81.3 cm³/mol. The molecule has 3 nitrogen and oxygen atoms in total. The van der Waals surface area contributed by atoms with Crippen LogP contribution in [-0.2, 0) is 6.54 Å². The Labute approximate surface area is 117 Å². The molecule has 0 radical (unpaired) electrons. The summed E-state index contributed by atoms with van der Waals surface area (Å²) >= 11 is 0. The second kappa shape index (κ2) is 6.58. The highest BCUT2D eigenvalue weighted by atomic mass is 15.2. The first-order valence-electron chi connectivity index (χ1n) is 6.93. The Hall–Kier alpha value is -1.53. The van der Waals surface area contributed by atoms with Crippen molar-refractivity contribution in [3.63, 3.8) is 0 Å². The second-order valence-corrected chi connectivity index (χ2v) is 5.47. The van der Waals surface area contributed by atoms with Crippen molar-refractivity contribution < 1.29 is 0 Å². The van der Waals surface area contributed by atoms with Crippen LogP contribution in [0.15, 0.2) is 18.2 Å². The zero-order valence-corrected chi connectivity index (χ0v) is 12.7. The molecule has 3 heteroatoms. The fourth-order valence-electron chi connectivity index (χ4n) is 1.91. The van der Waals surface area contributed by atoms with Crippen LogP contribution in [0.3, 0.4) is 0 Å². The van der Waals surface area contributed by atoms with Crippen molar-refractivity contribution in [2.45, 2.75) is 46.2 Å². The van der Waals surface area contributed by atoms with E-state index in [0.29, 0.717) is 0 Å². The van der Waals surface area contributed by atoms with Crippen LogP contribution in [0.4, 0.5) is 5.69 Å². The smallest absolute Gasteiger partial charge is 0.101 e. The van der Waals surface area contributed by atoms with Crippen molar-refractivity contribution in [2.75, 3.05) is 18.5 Å². The zero-order valence-electron chi connectivity index (χ0n) is 12.7. The van der Waals surface area contributed by atoms with E-state index in [0.717, 1.165) is 36.3 Å². The van der Waals surface area contributed by atoms with Crippen LogP contribution in [0.2, 0.25) is 0 Å². The van der Waals surface area contributed by atoms with Crippen LogP contribution >= 0.6 is 0 Å². The summed E-state index contributed by atoms with van der Waals surface area (Å²) in [7, 11) is 2.06. The Morgan fingerprint density at radius 1 is 1.32 bits per heavy atom. The lowest BCUT2D eigenvalue weighted by Crippen LogP contribution is -2.41. The number of rotatable bonds is 6. The van der Waals surface area contributed by atoms with Crippen LogP contribution in [0, 0.1) is 11.3 Å². The van der Waals surface area contributed by atoms with E-state index in [1.54, 1.807) is 0 Å². The van der Waals surface area contributed by atoms with Crippen molar-refractivity contribution in [3.8, 4) is 6.07 Å². The van der Waals surface area contributed by atoms with Crippen LogP contribution in [0.25, 0.3) is 0 Å². The third-order valence-electron chi connectivity index (χ3n) is 3.90. The van der Waals surface area contributed by atoms with Crippen molar-refractivity contribution in [1.29, 1.82) is 5.26 Å². The molecular formula is C16H25N3. The number of nitrogens with one attached hydrogen (secondary N) is 1. The average Bonchev–Trinajstić information content (AvgIpc) is 2.43. The summed E-state index contributed by atoms with van der Waals surface area (Å²) in [6.45, 7) is 10.4. The Balaban J connectivity index is 3.06. The molecule has 0 fully saturated rings. The van der Waals surface area contributed by atoms with Gasteiger partial charge in [0, 0.05) is 19.1 Å². The molecular weight excluding hydrogens is 234 g/mol. The molecule has 0 aliphatic carbocycles. The van der Waals surface area contributed by atoms with Gasteiger partial charge in [-0.1, -0.05) is 19.9 Å². The third-order valence-corrected chi connectivity index (χ3v) is 3.90. The lowest BCUT2D eigenvalue weighted by atomic mass is 9.97. The molecule has 0 aromatic heterocycles. The predicted octanol–water partition coefficient (Wildman–Crippen LogP) is 3.29. The molecule has 104 valence electrons. The third kappa shape index (κ3) is 3.71. The van der Waals surface area contributed by atoms with Crippen molar-refractivity contribution >= 4 is 5.69 Å². The standard InChI is InChI=1S/C16H25N3/c1-6-16(3,4)19(5)15-9-8-13(12-18-7-2)10-14(15)11-17/h8-10,18H,6-7,12H2,1-5H3. The van der Waals surface area contributed by atoms with E-state index in [1.165, 1.54) is 0 Å². The summed E-state index contributed by atoms with van der Waals surface area (Å²) in [4.78, 5) is 2.20. The minimum atomic E-state index is 0.0504. The summed E-state index contributed by atoms with van der Waals surface area (Å²) < 4.78 is 0. The SMILES string of the molecule is CCNCc1ccc(N(C)C(C)(C)CC)c(C#N)c1. The van der Waals surface area contributed by atoms with E-state index in [4.69, 9.17) is 0 Å². The van der Waals surface area contributed by atoms with Crippen LogP contribution in [0.1, 0.15) is 45.2 Å². The molecule has 0 saturated carbocycles. The van der Waals surface area contributed by atoms with Crippen molar-refractivity contribution in [2.24, 2.45) is 0 Å². The molecule has 0 aliphatic heterocycles. The van der Waals surface area contributed by atoms with Gasteiger partial charge in [0.15, 0.2) is 0 Å². The summed E-state index contributed by atoms with van der Waals surface area (Å²) in [6.07, 6.45) is 1.04. The monoisotopic (exact) mass is 259 g/mol. The maximum atomic E-state index is 9.36. The van der Waals surface area contributed by atoms with E-state index < -0.39 is 0 Å². The molecule has 1 N–H and O–H groups in total. The fourth-order valence-corrected chi connectivity index (χ4v) is 1.91. The summed E-state index contributed by atoms with van der Waals surface area (Å²) in [5, 5.41) is 12.6. The van der Waals surface area contributed by atoms with Gasteiger partial charge in [0.2, 0.25) is 0 Å². The van der Waals surface area contributed by atoms with Gasteiger partial charge in [-0.3, -0.25) is 0 Å². The molecule has 0 amide bonds. The van der Waals surface area contributed by atoms with Crippen molar-refractivity contribution in [3.05, 3.63) is 29.3 Å². The molecule has 1 aromatic rings. The maximum absolute atomic E-state index is 9.36. The average molecular weight is 259 g/mol. The van der Waals surface area contributed by atoms with E-state index in [1.807, 2.05) is 6.07 Å². The molecule has 19 heavy (non-hydrogen) atoms. The highest BCUT2D eigenvalue weighted by molar-refractivity contribution is 5.61. The minimum Gasteiger partial charge on any atom is -0.368 e. The van der Waals surface area contributed by atoms with E-state index >= 15 is 0 Å². The molecule has 0 spiro atoms. The summed E-state index contributed by atoms with van der Waals surface area (Å²) in [6, 6.07) is 8.46. The first-order valence-corrected chi connectivity index (χ1v) is 6.93. The largest absolute Gasteiger partial charge is 0.368 e. The molecule has 1 rings (SSSR count). The Bertz CT molecular complexity index is 458. The second-order valence-electron chi connectivity index (χ2n) is 5.47. The number of hydrogen-bond donors (Lipinski definition) is 1. The number of anilines is 1. The Kier molecular flexibility index (Phi) is 5.38. The lowest BCUT2D eigenvalue weighted by Gasteiger charge is -2.37. The van der Waals surface area contributed by atoms with E-state index in [2.05, 4.69) is 63.2 Å². The van der Waals surface area contributed by atoms with Crippen LogP contribution < -0.4 is 10.2 Å². The van der Waals surface area contributed by atoms with Gasteiger partial charge in [-0.15, -0.1) is 0 Å². The quantitative estimate of drug-likeness (QED) is 0.852. The van der Waals surface area contributed by atoms with Gasteiger partial charge in [-0.2, -0.15) is 5.26 Å². The Morgan fingerprint density at radius 2 is 2.00 bits per heavy atom. The summed E-state index contributed by atoms with van der Waals surface area (Å²) in [5.74, 6) is 0. The van der Waals surface area contributed by atoms with Crippen LogP contribution in [0.5, 0.6) is 0 Å². The minimum absolute atomic E-state index is 0.0504. The normalized spacial score (nSPS) is 11.2. The molecule has 0 aliphatic rings. The van der Waals surface area contributed by atoms with Gasteiger partial charge in [0.1, 0.15) is 6.07 Å². The number of hydrogen-bond acceptors (Lipinski definition) is 3. The van der Waals surface area contributed by atoms with Gasteiger partial charge in [0.05, 0.1) is 11.3 Å². The molecule has 0 bridgehead atoms. The number of nitrogens with zero attached hydrogens (tertiary/aromatic N) is 2. The molecule has 0 heterocycles. The van der Waals surface area contributed by atoms with E-state index in [9.17, 15) is 5.26 Å². The number of nitriles is 1. The van der Waals surface area contributed by atoms with Gasteiger partial charge >= 0.3 is 0 Å². The topological polar surface area (TPSA) is 39.1 Å². The molecule has 0 atom stereocenters. The number of benzene rings is 1. The van der Waals surface area contributed by atoms with Crippen molar-refractivity contribution in [1.82, 2.24) is 5.32 Å². The van der Waals surface area contributed by atoms with Gasteiger partial charge in [-0.05, 0) is 44.5 Å². The first kappa shape index (κ1) is 15.5. The highest BCUT2D eigenvalue weighted by Gasteiger charge is 2.23. The zero-order chi connectivity index (χ0) is 14.5. The highest BCUT2D eigenvalue weighted by Crippen LogP contribution is 2.28. The molecule has 0 saturated heterocycles. The summed E-state index contributed by atoms with van der Waals surface area (Å²) in [5.41, 5.74) is 2.97. The van der Waals surface area contributed by atoms with Gasteiger partial charge in [-0.25, -0.2) is 0 Å². The van der Waals surface area contributed by atoms with Gasteiger partial charge in [0.25, 0.3) is 0 Å². The molecule has 1 aromatic carbocycles. The maximum Gasteiger partial charge on any atom is 0.101 e. The van der Waals surface area contributed by atoms with Crippen LogP contribution in [-0.4, -0.2) is 19.1 Å². The lowest BCUT2D eigenvalue weighted by molar-refractivity contribution is 0.470. The first-order chi connectivity index (χ1) is 8.96. The molecule has 0 unspecified atom stereocenters. The van der Waals surface area contributed by atoms with Gasteiger partial charge < -0.3 is 10.2 Å². The van der Waals surface area contributed by atoms with E-state index in [-0.39, 0.29) is 5.54 Å². The Morgan fingerprint density at radius 3 is 2.53 bits per heavy atom.